The van der Waals surface area contributed by atoms with Gasteiger partial charge in [-0.05, 0) is 32.3 Å². The van der Waals surface area contributed by atoms with Crippen LogP contribution in [0.5, 0.6) is 0 Å². The molecule has 0 aromatic rings. The molecule has 0 aliphatic heterocycles. The third-order valence-electron chi connectivity index (χ3n) is 2.14. The average Bonchev–Trinajstić information content (AvgIpc) is 1.95. The molecule has 0 fully saturated rings. The van der Waals surface area contributed by atoms with Crippen LogP contribution in [-0.2, 0) is 0 Å². The van der Waals surface area contributed by atoms with Crippen molar-refractivity contribution < 1.29 is 8.78 Å². The highest BCUT2D eigenvalue weighted by atomic mass is 127. The van der Waals surface area contributed by atoms with E-state index in [1.165, 1.54) is 0 Å². The Balaban J connectivity index is 2.78. The third kappa shape index (κ3) is 2.68. The van der Waals surface area contributed by atoms with Gasteiger partial charge >= 0.3 is 0 Å². The molecule has 0 heterocycles. The fraction of sp³-hybridized carbons (Fsp3) is 0.778. The molecule has 12 heavy (non-hydrogen) atoms. The SMILES string of the molecule is C/C1=C/C(F)(F)[C@H](I)CCCC1. The van der Waals surface area contributed by atoms with Crippen LogP contribution in [0.25, 0.3) is 0 Å². The quantitative estimate of drug-likeness (QED) is 0.359. The predicted octanol–water partition coefficient (Wildman–Crippen LogP) is 3.95. The third-order valence-corrected chi connectivity index (χ3v) is 3.59. The molecule has 0 nitrogen and oxygen atoms in total. The first-order chi connectivity index (χ1) is 5.52. The van der Waals surface area contributed by atoms with E-state index in [0.717, 1.165) is 30.9 Å². The van der Waals surface area contributed by atoms with Gasteiger partial charge in [0.2, 0.25) is 0 Å². The van der Waals surface area contributed by atoms with Gasteiger partial charge in [0.25, 0.3) is 5.92 Å². The molecule has 1 aliphatic carbocycles. The van der Waals surface area contributed by atoms with Crippen molar-refractivity contribution >= 4 is 22.6 Å². The van der Waals surface area contributed by atoms with Crippen molar-refractivity contribution in [1.29, 1.82) is 0 Å². The molecule has 0 saturated carbocycles. The molecule has 0 amide bonds. The van der Waals surface area contributed by atoms with E-state index in [-0.39, 0.29) is 0 Å². The first-order valence-corrected chi connectivity index (χ1v) is 5.47. The van der Waals surface area contributed by atoms with Gasteiger partial charge in [-0.25, -0.2) is 8.78 Å². The highest BCUT2D eigenvalue weighted by Gasteiger charge is 2.35. The second-order valence-electron chi connectivity index (χ2n) is 3.38. The average molecular weight is 286 g/mol. The van der Waals surface area contributed by atoms with Crippen molar-refractivity contribution in [2.24, 2.45) is 0 Å². The molecule has 0 saturated heterocycles. The van der Waals surface area contributed by atoms with Gasteiger partial charge in [0, 0.05) is 0 Å². The minimum atomic E-state index is -2.59. The summed E-state index contributed by atoms with van der Waals surface area (Å²) in [4.78, 5) is 0. The largest absolute Gasteiger partial charge is 0.278 e. The monoisotopic (exact) mass is 286 g/mol. The molecule has 3 heteroatoms. The Hall–Kier alpha value is 0.330. The zero-order valence-electron chi connectivity index (χ0n) is 7.12. The molecule has 0 aromatic carbocycles. The molecule has 0 radical (unpaired) electrons. The summed E-state index contributed by atoms with van der Waals surface area (Å²) in [6.07, 6.45) is 4.59. The van der Waals surface area contributed by atoms with Crippen LogP contribution in [0.3, 0.4) is 0 Å². The maximum atomic E-state index is 13.2. The number of allylic oxidation sites excluding steroid dienone is 2. The van der Waals surface area contributed by atoms with Crippen LogP contribution in [-0.4, -0.2) is 9.85 Å². The molecule has 0 aromatic heterocycles. The van der Waals surface area contributed by atoms with Crippen molar-refractivity contribution in [2.75, 3.05) is 0 Å². The Morgan fingerprint density at radius 3 is 2.83 bits per heavy atom. The summed E-state index contributed by atoms with van der Waals surface area (Å²) < 4.78 is 25.9. The van der Waals surface area contributed by atoms with Gasteiger partial charge in [0.1, 0.15) is 0 Å². The molecular formula is C9H13F2I. The highest BCUT2D eigenvalue weighted by molar-refractivity contribution is 14.1. The Labute approximate surface area is 85.6 Å². The van der Waals surface area contributed by atoms with Crippen LogP contribution < -0.4 is 0 Å². The van der Waals surface area contributed by atoms with Crippen LogP contribution in [0.15, 0.2) is 11.6 Å². The smallest absolute Gasteiger partial charge is 0.201 e. The second-order valence-corrected chi connectivity index (χ2v) is 4.88. The van der Waals surface area contributed by atoms with Crippen LogP contribution in [0, 0.1) is 0 Å². The van der Waals surface area contributed by atoms with Crippen molar-refractivity contribution in [1.82, 2.24) is 0 Å². The minimum Gasteiger partial charge on any atom is -0.201 e. The maximum Gasteiger partial charge on any atom is 0.278 e. The summed E-state index contributed by atoms with van der Waals surface area (Å²) >= 11 is 1.86. The lowest BCUT2D eigenvalue weighted by atomic mass is 9.99. The van der Waals surface area contributed by atoms with Crippen LogP contribution in [0.2, 0.25) is 0 Å². The van der Waals surface area contributed by atoms with Crippen LogP contribution in [0.1, 0.15) is 32.6 Å². The molecule has 70 valence electrons. The molecule has 0 spiro atoms. The fourth-order valence-electron chi connectivity index (χ4n) is 1.41. The summed E-state index contributed by atoms with van der Waals surface area (Å²) in [5.41, 5.74) is 0.835. The number of halogens is 3. The summed E-state index contributed by atoms with van der Waals surface area (Å²) in [7, 11) is 0. The minimum absolute atomic E-state index is 0.523. The first-order valence-electron chi connectivity index (χ1n) is 4.22. The Morgan fingerprint density at radius 2 is 2.17 bits per heavy atom. The lowest BCUT2D eigenvalue weighted by molar-refractivity contribution is 0.0523. The molecule has 1 aliphatic rings. The summed E-state index contributed by atoms with van der Waals surface area (Å²) in [5.74, 6) is -2.59. The Bertz CT molecular complexity index is 187. The zero-order chi connectivity index (χ0) is 9.19. The molecular weight excluding hydrogens is 273 g/mol. The van der Waals surface area contributed by atoms with E-state index in [4.69, 9.17) is 0 Å². The van der Waals surface area contributed by atoms with Crippen LogP contribution in [0.4, 0.5) is 8.78 Å². The van der Waals surface area contributed by atoms with E-state index in [1.807, 2.05) is 22.6 Å². The van der Waals surface area contributed by atoms with Crippen molar-refractivity contribution in [2.45, 2.75) is 42.5 Å². The summed E-state index contributed by atoms with van der Waals surface area (Å²) in [6.45, 7) is 1.79. The lowest BCUT2D eigenvalue weighted by Crippen LogP contribution is -2.27. The van der Waals surface area contributed by atoms with Gasteiger partial charge in [0.15, 0.2) is 0 Å². The van der Waals surface area contributed by atoms with E-state index in [9.17, 15) is 8.78 Å². The topological polar surface area (TPSA) is 0 Å². The fourth-order valence-corrected chi connectivity index (χ4v) is 2.03. The zero-order valence-corrected chi connectivity index (χ0v) is 9.27. The van der Waals surface area contributed by atoms with Gasteiger partial charge in [-0.15, -0.1) is 0 Å². The summed E-state index contributed by atoms with van der Waals surface area (Å²) in [5, 5.41) is 0. The molecule has 0 bridgehead atoms. The van der Waals surface area contributed by atoms with Gasteiger partial charge < -0.3 is 0 Å². The molecule has 1 atom stereocenters. The predicted molar refractivity (Wildman–Crippen MR) is 55.0 cm³/mol. The van der Waals surface area contributed by atoms with E-state index in [2.05, 4.69) is 0 Å². The van der Waals surface area contributed by atoms with E-state index >= 15 is 0 Å². The lowest BCUT2D eigenvalue weighted by Gasteiger charge is -2.22. The van der Waals surface area contributed by atoms with Gasteiger partial charge in [-0.2, -0.15) is 0 Å². The van der Waals surface area contributed by atoms with Crippen molar-refractivity contribution in [3.63, 3.8) is 0 Å². The van der Waals surface area contributed by atoms with Gasteiger partial charge in [-0.3, -0.25) is 0 Å². The number of hydrogen-bond donors (Lipinski definition) is 0. The molecule has 1 rings (SSSR count). The maximum absolute atomic E-state index is 13.2. The van der Waals surface area contributed by atoms with E-state index < -0.39 is 9.85 Å². The molecule has 0 unspecified atom stereocenters. The van der Waals surface area contributed by atoms with E-state index in [1.54, 1.807) is 6.92 Å². The van der Waals surface area contributed by atoms with Gasteiger partial charge in [-0.1, -0.05) is 34.6 Å². The number of rotatable bonds is 0. The summed E-state index contributed by atoms with van der Waals surface area (Å²) in [6, 6.07) is 0. The Morgan fingerprint density at radius 1 is 1.50 bits per heavy atom. The van der Waals surface area contributed by atoms with Crippen molar-refractivity contribution in [3.8, 4) is 0 Å². The Kier molecular flexibility index (Phi) is 3.49. The highest BCUT2D eigenvalue weighted by Crippen LogP contribution is 2.34. The standard InChI is InChI=1S/C9H13F2I/c1-7-4-2-3-5-8(12)9(10,11)6-7/h6,8H,2-5H2,1H3/b7-6-/t8-/m1/s1. The normalized spacial score (nSPS) is 34.7. The second kappa shape index (κ2) is 4.03. The number of hydrogen-bond acceptors (Lipinski definition) is 0. The molecule has 0 N–H and O–H groups in total. The first kappa shape index (κ1) is 10.4. The van der Waals surface area contributed by atoms with Crippen molar-refractivity contribution in [3.05, 3.63) is 11.6 Å². The van der Waals surface area contributed by atoms with Gasteiger partial charge in [0.05, 0.1) is 3.92 Å². The number of alkyl halides is 3. The van der Waals surface area contributed by atoms with E-state index in [0.29, 0.717) is 6.42 Å². The van der Waals surface area contributed by atoms with Crippen LogP contribution >= 0.6 is 22.6 Å².